The van der Waals surface area contributed by atoms with Crippen LogP contribution in [0.1, 0.15) is 57.9 Å². The molecule has 1 saturated carbocycles. The number of hydrogen-bond donors (Lipinski definition) is 2. The molecule has 1 aliphatic carbocycles. The molecule has 0 aromatic heterocycles. The largest absolute Gasteiger partial charge is 0.335 e. The fourth-order valence-corrected chi connectivity index (χ4v) is 4.08. The van der Waals surface area contributed by atoms with Gasteiger partial charge in [-0.05, 0) is 43.2 Å². The third kappa shape index (κ3) is 4.57. The van der Waals surface area contributed by atoms with E-state index in [1.165, 1.54) is 24.8 Å². The Balaban J connectivity index is 1.65. The minimum absolute atomic E-state index is 0.00226. The summed E-state index contributed by atoms with van der Waals surface area (Å²) in [5.74, 6) is 0.333. The van der Waals surface area contributed by atoms with Gasteiger partial charge in [-0.15, -0.1) is 0 Å². The Bertz CT molecular complexity index is 638. The number of carbonyl (C=O) groups excluding carboxylic acids is 2. The fourth-order valence-electron chi connectivity index (χ4n) is 4.08. The number of carbonyl (C=O) groups is 2. The molecule has 1 atom stereocenters. The molecule has 1 fully saturated rings. The van der Waals surface area contributed by atoms with Crippen LogP contribution in [0, 0.1) is 5.92 Å². The van der Waals surface area contributed by atoms with Crippen molar-refractivity contribution in [3.05, 3.63) is 29.8 Å². The number of para-hydroxylation sites is 1. The maximum Gasteiger partial charge on any atom is 0.315 e. The molecule has 3 amide bonds. The second-order valence-corrected chi connectivity index (χ2v) is 8.00. The molecule has 26 heavy (non-hydrogen) atoms. The summed E-state index contributed by atoms with van der Waals surface area (Å²) in [4.78, 5) is 27.5. The van der Waals surface area contributed by atoms with E-state index in [2.05, 4.69) is 30.5 Å². The molecule has 0 unspecified atom stereocenters. The molecule has 5 nitrogen and oxygen atoms in total. The standard InChI is InChI=1S/C21H31N3O2/c1-15(2)14-18(23-21(26)22-17-9-4-3-5-10-17)20(25)24-13-12-16-8-6-7-11-19(16)24/h6-8,11,15,17-18H,3-5,9-10,12-14H2,1-2H3,(H2,22,23,26)/t18-/m0/s1. The molecule has 5 heteroatoms. The van der Waals surface area contributed by atoms with Gasteiger partial charge in [0.2, 0.25) is 5.91 Å². The first-order valence-electron chi connectivity index (χ1n) is 10.0. The van der Waals surface area contributed by atoms with Crippen LogP contribution in [0.15, 0.2) is 24.3 Å². The lowest BCUT2D eigenvalue weighted by molar-refractivity contribution is -0.120. The third-order valence-electron chi connectivity index (χ3n) is 5.40. The van der Waals surface area contributed by atoms with Crippen LogP contribution in [0.25, 0.3) is 0 Å². The zero-order valence-electron chi connectivity index (χ0n) is 16.0. The van der Waals surface area contributed by atoms with E-state index in [4.69, 9.17) is 0 Å². The molecule has 3 rings (SSSR count). The summed E-state index contributed by atoms with van der Waals surface area (Å²) in [6, 6.07) is 7.59. The van der Waals surface area contributed by atoms with Crippen molar-refractivity contribution in [3.8, 4) is 0 Å². The highest BCUT2D eigenvalue weighted by Crippen LogP contribution is 2.28. The first kappa shape index (κ1) is 18.7. The molecule has 2 N–H and O–H groups in total. The lowest BCUT2D eigenvalue weighted by atomic mass is 9.96. The first-order chi connectivity index (χ1) is 12.5. The van der Waals surface area contributed by atoms with Gasteiger partial charge in [-0.3, -0.25) is 4.79 Å². The van der Waals surface area contributed by atoms with E-state index in [1.54, 1.807) is 0 Å². The summed E-state index contributed by atoms with van der Waals surface area (Å²) >= 11 is 0. The van der Waals surface area contributed by atoms with E-state index in [1.807, 2.05) is 23.1 Å². The molecule has 0 spiro atoms. The summed E-state index contributed by atoms with van der Waals surface area (Å²) in [5.41, 5.74) is 2.19. The number of fused-ring (bicyclic) bond motifs is 1. The van der Waals surface area contributed by atoms with Crippen molar-refractivity contribution < 1.29 is 9.59 Å². The Kier molecular flexibility index (Phi) is 6.17. The highest BCUT2D eigenvalue weighted by molar-refractivity contribution is 6.00. The zero-order chi connectivity index (χ0) is 18.5. The van der Waals surface area contributed by atoms with Gasteiger partial charge in [0.15, 0.2) is 0 Å². The van der Waals surface area contributed by atoms with E-state index in [-0.39, 0.29) is 18.0 Å². The Hall–Kier alpha value is -2.04. The summed E-state index contributed by atoms with van der Waals surface area (Å²) < 4.78 is 0. The van der Waals surface area contributed by atoms with Gasteiger partial charge in [-0.25, -0.2) is 4.79 Å². The Morgan fingerprint density at radius 2 is 1.88 bits per heavy atom. The number of urea groups is 1. The van der Waals surface area contributed by atoms with Gasteiger partial charge in [-0.1, -0.05) is 51.3 Å². The number of rotatable bonds is 5. The highest BCUT2D eigenvalue weighted by Gasteiger charge is 2.31. The minimum Gasteiger partial charge on any atom is -0.335 e. The second kappa shape index (κ2) is 8.56. The van der Waals surface area contributed by atoms with E-state index < -0.39 is 6.04 Å². The van der Waals surface area contributed by atoms with E-state index in [0.29, 0.717) is 18.9 Å². The molecule has 1 aromatic rings. The number of nitrogens with one attached hydrogen (secondary N) is 2. The predicted molar refractivity (Wildman–Crippen MR) is 104 cm³/mol. The minimum atomic E-state index is -0.482. The van der Waals surface area contributed by atoms with Gasteiger partial charge in [0.05, 0.1) is 0 Å². The van der Waals surface area contributed by atoms with Crippen molar-refractivity contribution in [2.75, 3.05) is 11.4 Å². The molecule has 0 radical (unpaired) electrons. The van der Waals surface area contributed by atoms with Crippen LogP contribution in [-0.2, 0) is 11.2 Å². The number of benzene rings is 1. The number of nitrogens with zero attached hydrogens (tertiary/aromatic N) is 1. The molecule has 0 bridgehead atoms. The van der Waals surface area contributed by atoms with E-state index in [9.17, 15) is 9.59 Å². The maximum absolute atomic E-state index is 13.2. The Morgan fingerprint density at radius 1 is 1.15 bits per heavy atom. The van der Waals surface area contributed by atoms with Gasteiger partial charge in [0.25, 0.3) is 0 Å². The van der Waals surface area contributed by atoms with Gasteiger partial charge >= 0.3 is 6.03 Å². The van der Waals surface area contributed by atoms with Crippen molar-refractivity contribution in [1.82, 2.24) is 10.6 Å². The lowest BCUT2D eigenvalue weighted by Gasteiger charge is -2.28. The SMILES string of the molecule is CC(C)C[C@H](NC(=O)NC1CCCCC1)C(=O)N1CCc2ccccc21. The molecule has 1 aliphatic heterocycles. The fraction of sp³-hybridized carbons (Fsp3) is 0.619. The molecule has 142 valence electrons. The molecular formula is C21H31N3O2. The Labute approximate surface area is 156 Å². The Morgan fingerprint density at radius 3 is 2.62 bits per heavy atom. The molecule has 1 heterocycles. The van der Waals surface area contributed by atoms with Crippen LogP contribution in [0.3, 0.4) is 0 Å². The molecule has 2 aliphatic rings. The van der Waals surface area contributed by atoms with Crippen LogP contribution in [-0.4, -0.2) is 30.6 Å². The lowest BCUT2D eigenvalue weighted by Crippen LogP contribution is -2.53. The normalized spacial score (nSPS) is 18.5. The second-order valence-electron chi connectivity index (χ2n) is 8.00. The average molecular weight is 357 g/mol. The predicted octanol–water partition coefficient (Wildman–Crippen LogP) is 3.62. The van der Waals surface area contributed by atoms with E-state index >= 15 is 0 Å². The monoisotopic (exact) mass is 357 g/mol. The summed E-state index contributed by atoms with van der Waals surface area (Å²) in [6.07, 6.45) is 7.20. The van der Waals surface area contributed by atoms with Crippen LogP contribution < -0.4 is 15.5 Å². The van der Waals surface area contributed by atoms with Crippen molar-refractivity contribution in [2.45, 2.75) is 70.9 Å². The summed E-state index contributed by atoms with van der Waals surface area (Å²) in [6.45, 7) is 4.86. The van der Waals surface area contributed by atoms with Crippen LogP contribution >= 0.6 is 0 Å². The van der Waals surface area contributed by atoms with Crippen molar-refractivity contribution in [2.24, 2.45) is 5.92 Å². The van der Waals surface area contributed by atoms with Gasteiger partial charge in [0, 0.05) is 18.3 Å². The number of hydrogen-bond acceptors (Lipinski definition) is 2. The first-order valence-corrected chi connectivity index (χ1v) is 10.0. The van der Waals surface area contributed by atoms with Crippen LogP contribution in [0.2, 0.25) is 0 Å². The van der Waals surface area contributed by atoms with Crippen molar-refractivity contribution in [1.29, 1.82) is 0 Å². The smallest absolute Gasteiger partial charge is 0.315 e. The zero-order valence-corrected chi connectivity index (χ0v) is 16.0. The average Bonchev–Trinajstić information content (AvgIpc) is 3.05. The van der Waals surface area contributed by atoms with Crippen LogP contribution in [0.5, 0.6) is 0 Å². The van der Waals surface area contributed by atoms with Gasteiger partial charge in [0.1, 0.15) is 6.04 Å². The van der Waals surface area contributed by atoms with Crippen molar-refractivity contribution in [3.63, 3.8) is 0 Å². The number of anilines is 1. The summed E-state index contributed by atoms with van der Waals surface area (Å²) in [5, 5.41) is 6.03. The van der Waals surface area contributed by atoms with Crippen molar-refractivity contribution >= 4 is 17.6 Å². The van der Waals surface area contributed by atoms with Gasteiger partial charge < -0.3 is 15.5 Å². The maximum atomic E-state index is 13.2. The van der Waals surface area contributed by atoms with Crippen LogP contribution in [0.4, 0.5) is 10.5 Å². The number of amides is 3. The summed E-state index contributed by atoms with van der Waals surface area (Å²) in [7, 11) is 0. The van der Waals surface area contributed by atoms with E-state index in [0.717, 1.165) is 24.9 Å². The molecular weight excluding hydrogens is 326 g/mol. The topological polar surface area (TPSA) is 61.4 Å². The van der Waals surface area contributed by atoms with Gasteiger partial charge in [-0.2, -0.15) is 0 Å². The third-order valence-corrected chi connectivity index (χ3v) is 5.40. The highest BCUT2D eigenvalue weighted by atomic mass is 16.2. The molecule has 1 aromatic carbocycles. The molecule has 0 saturated heterocycles. The quantitative estimate of drug-likeness (QED) is 0.845.